The first kappa shape index (κ1) is 24.7. The van der Waals surface area contributed by atoms with Gasteiger partial charge in [0.25, 0.3) is 0 Å². The Morgan fingerprint density at radius 1 is 0.943 bits per heavy atom. The van der Waals surface area contributed by atoms with Gasteiger partial charge in [0, 0.05) is 19.0 Å². The highest BCUT2D eigenvalue weighted by Crippen LogP contribution is 2.44. The number of hydrogen-bond donors (Lipinski definition) is 3. The van der Waals surface area contributed by atoms with Crippen LogP contribution in [0.15, 0.2) is 48.5 Å². The highest BCUT2D eigenvalue weighted by atomic mass is 16.6. The number of nitrogens with one attached hydrogen (secondary N) is 2. The summed E-state index contributed by atoms with van der Waals surface area (Å²) in [5.41, 5.74) is 4.66. The van der Waals surface area contributed by atoms with E-state index < -0.39 is 18.2 Å². The number of alkyl carbamates (subject to hydrolysis) is 1. The SMILES string of the molecule is O=C(O)CCOCCNC(=O)C1CCC(CNC(=O)OCC2c3ccccc3-c3ccccc32)O1. The Morgan fingerprint density at radius 3 is 2.31 bits per heavy atom. The van der Waals surface area contributed by atoms with Crippen LogP contribution in [0, 0.1) is 0 Å². The van der Waals surface area contributed by atoms with Crippen molar-refractivity contribution in [1.29, 1.82) is 0 Å². The molecule has 2 aromatic carbocycles. The standard InChI is InChI=1S/C26H30N2O7/c29-24(30)11-13-33-14-12-27-25(31)23-10-9-17(35-23)15-28-26(32)34-16-22-20-7-3-1-5-18(20)19-6-2-4-8-21(19)22/h1-8,17,22-23H,9-16H2,(H,27,31)(H,28,32)(H,29,30). The molecule has 9 heteroatoms. The van der Waals surface area contributed by atoms with Crippen LogP contribution in [-0.2, 0) is 23.8 Å². The van der Waals surface area contributed by atoms with Crippen molar-refractivity contribution < 1.29 is 33.7 Å². The van der Waals surface area contributed by atoms with Gasteiger partial charge in [-0.2, -0.15) is 0 Å². The van der Waals surface area contributed by atoms with Gasteiger partial charge in [-0.3, -0.25) is 9.59 Å². The van der Waals surface area contributed by atoms with Crippen molar-refractivity contribution in [2.75, 3.05) is 32.9 Å². The molecule has 4 rings (SSSR count). The molecule has 1 aliphatic carbocycles. The van der Waals surface area contributed by atoms with Crippen LogP contribution in [0.4, 0.5) is 4.79 Å². The second kappa shape index (κ2) is 11.8. The van der Waals surface area contributed by atoms with Gasteiger partial charge in [0.05, 0.1) is 25.7 Å². The van der Waals surface area contributed by atoms with E-state index in [0.717, 1.165) is 11.1 Å². The topological polar surface area (TPSA) is 123 Å². The monoisotopic (exact) mass is 482 g/mol. The third-order valence-electron chi connectivity index (χ3n) is 6.22. The van der Waals surface area contributed by atoms with E-state index in [4.69, 9.17) is 19.3 Å². The van der Waals surface area contributed by atoms with Gasteiger partial charge in [0.1, 0.15) is 12.7 Å². The summed E-state index contributed by atoms with van der Waals surface area (Å²) in [5.74, 6) is -1.17. The van der Waals surface area contributed by atoms with Crippen molar-refractivity contribution in [3.05, 3.63) is 59.7 Å². The van der Waals surface area contributed by atoms with Crippen LogP contribution in [-0.4, -0.2) is 68.2 Å². The Labute approximate surface area is 203 Å². The minimum Gasteiger partial charge on any atom is -0.481 e. The van der Waals surface area contributed by atoms with Gasteiger partial charge in [-0.1, -0.05) is 48.5 Å². The molecule has 1 fully saturated rings. The molecule has 186 valence electrons. The summed E-state index contributed by atoms with van der Waals surface area (Å²) < 4.78 is 16.4. The second-order valence-electron chi connectivity index (χ2n) is 8.58. The van der Waals surface area contributed by atoms with Gasteiger partial charge in [0.15, 0.2) is 0 Å². The molecule has 2 unspecified atom stereocenters. The molecule has 0 spiro atoms. The molecule has 2 amide bonds. The van der Waals surface area contributed by atoms with Gasteiger partial charge in [0.2, 0.25) is 5.91 Å². The molecule has 0 aromatic heterocycles. The van der Waals surface area contributed by atoms with Crippen LogP contribution in [0.25, 0.3) is 11.1 Å². The summed E-state index contributed by atoms with van der Waals surface area (Å²) in [6, 6.07) is 16.3. The Kier molecular flexibility index (Phi) is 8.33. The summed E-state index contributed by atoms with van der Waals surface area (Å²) >= 11 is 0. The number of rotatable bonds is 11. The second-order valence-corrected chi connectivity index (χ2v) is 8.58. The zero-order valence-electron chi connectivity index (χ0n) is 19.4. The lowest BCUT2D eigenvalue weighted by Crippen LogP contribution is -2.38. The summed E-state index contributed by atoms with van der Waals surface area (Å²) in [7, 11) is 0. The Hall–Kier alpha value is -3.43. The summed E-state index contributed by atoms with van der Waals surface area (Å²) in [4.78, 5) is 35.0. The Bertz CT molecular complexity index is 1010. The molecule has 35 heavy (non-hydrogen) atoms. The number of carboxylic acids is 1. The molecule has 9 nitrogen and oxygen atoms in total. The zero-order valence-corrected chi connectivity index (χ0v) is 19.4. The number of amides is 2. The van der Waals surface area contributed by atoms with E-state index in [2.05, 4.69) is 34.9 Å². The quantitative estimate of drug-likeness (QED) is 0.421. The number of ether oxygens (including phenoxy) is 3. The fourth-order valence-electron chi connectivity index (χ4n) is 4.52. The average molecular weight is 483 g/mol. The van der Waals surface area contributed by atoms with E-state index in [0.29, 0.717) is 12.8 Å². The third-order valence-corrected chi connectivity index (χ3v) is 6.22. The van der Waals surface area contributed by atoms with Gasteiger partial charge in [-0.25, -0.2) is 4.79 Å². The van der Waals surface area contributed by atoms with E-state index in [1.165, 1.54) is 11.1 Å². The number of benzene rings is 2. The van der Waals surface area contributed by atoms with Crippen molar-refractivity contribution in [3.8, 4) is 11.1 Å². The molecule has 1 saturated heterocycles. The van der Waals surface area contributed by atoms with E-state index in [-0.39, 0.29) is 57.3 Å². The lowest BCUT2D eigenvalue weighted by atomic mass is 9.98. The van der Waals surface area contributed by atoms with Gasteiger partial charge in [-0.05, 0) is 35.1 Å². The summed E-state index contributed by atoms with van der Waals surface area (Å²) in [6.45, 7) is 1.12. The normalized spacial score (nSPS) is 18.5. The molecular weight excluding hydrogens is 452 g/mol. The van der Waals surface area contributed by atoms with Crippen molar-refractivity contribution in [2.45, 2.75) is 37.4 Å². The molecule has 0 bridgehead atoms. The van der Waals surface area contributed by atoms with Crippen molar-refractivity contribution in [2.24, 2.45) is 0 Å². The van der Waals surface area contributed by atoms with Gasteiger partial charge in [-0.15, -0.1) is 0 Å². The first-order valence-corrected chi connectivity index (χ1v) is 11.8. The Balaban J connectivity index is 1.15. The minimum absolute atomic E-state index is 0.00272. The van der Waals surface area contributed by atoms with Crippen molar-refractivity contribution >= 4 is 18.0 Å². The minimum atomic E-state index is -0.925. The molecule has 2 aliphatic rings. The fourth-order valence-corrected chi connectivity index (χ4v) is 4.52. The predicted octanol–water partition coefficient (Wildman–Crippen LogP) is 2.68. The van der Waals surface area contributed by atoms with Crippen LogP contribution >= 0.6 is 0 Å². The molecule has 0 saturated carbocycles. The molecule has 1 aliphatic heterocycles. The van der Waals surface area contributed by atoms with E-state index in [9.17, 15) is 14.4 Å². The highest BCUT2D eigenvalue weighted by Gasteiger charge is 2.31. The van der Waals surface area contributed by atoms with Crippen LogP contribution in [0.5, 0.6) is 0 Å². The maximum atomic E-state index is 12.3. The number of hydrogen-bond acceptors (Lipinski definition) is 6. The number of carbonyl (C=O) groups is 3. The van der Waals surface area contributed by atoms with E-state index in [1.807, 2.05) is 24.3 Å². The maximum Gasteiger partial charge on any atom is 0.407 e. The van der Waals surface area contributed by atoms with Crippen LogP contribution < -0.4 is 10.6 Å². The highest BCUT2D eigenvalue weighted by molar-refractivity contribution is 5.81. The van der Waals surface area contributed by atoms with E-state index >= 15 is 0 Å². The molecule has 0 radical (unpaired) electrons. The van der Waals surface area contributed by atoms with Gasteiger partial charge >= 0.3 is 12.1 Å². The molecule has 1 heterocycles. The van der Waals surface area contributed by atoms with Crippen molar-refractivity contribution in [1.82, 2.24) is 10.6 Å². The Morgan fingerprint density at radius 2 is 1.63 bits per heavy atom. The number of carbonyl (C=O) groups excluding carboxylic acids is 2. The van der Waals surface area contributed by atoms with Crippen LogP contribution in [0.2, 0.25) is 0 Å². The van der Waals surface area contributed by atoms with E-state index in [1.54, 1.807) is 0 Å². The lowest BCUT2D eigenvalue weighted by molar-refractivity contribution is -0.138. The molecule has 2 aromatic rings. The number of aliphatic carboxylic acids is 1. The first-order valence-electron chi connectivity index (χ1n) is 11.8. The smallest absolute Gasteiger partial charge is 0.407 e. The number of carboxylic acid groups (broad SMARTS) is 1. The predicted molar refractivity (Wildman–Crippen MR) is 127 cm³/mol. The van der Waals surface area contributed by atoms with Crippen LogP contribution in [0.3, 0.4) is 0 Å². The average Bonchev–Trinajstić information content (AvgIpc) is 3.46. The molecule has 2 atom stereocenters. The third kappa shape index (κ3) is 6.37. The van der Waals surface area contributed by atoms with Crippen molar-refractivity contribution in [3.63, 3.8) is 0 Å². The lowest BCUT2D eigenvalue weighted by Gasteiger charge is -2.16. The first-order chi connectivity index (χ1) is 17.0. The summed E-state index contributed by atoms with van der Waals surface area (Å²) in [6.07, 6.45) is -0.222. The van der Waals surface area contributed by atoms with Crippen LogP contribution in [0.1, 0.15) is 36.3 Å². The van der Waals surface area contributed by atoms with Gasteiger partial charge < -0.3 is 30.0 Å². The molecular formula is C26H30N2O7. The fraction of sp³-hybridized carbons (Fsp3) is 0.423. The maximum absolute atomic E-state index is 12.3. The number of fused-ring (bicyclic) bond motifs is 3. The largest absolute Gasteiger partial charge is 0.481 e. The molecule has 3 N–H and O–H groups in total. The summed E-state index contributed by atoms with van der Waals surface area (Å²) in [5, 5.41) is 14.0. The zero-order chi connectivity index (χ0) is 24.6.